The van der Waals surface area contributed by atoms with Gasteiger partial charge in [-0.05, 0) is 73.2 Å². The number of rotatable bonds is 5. The molecule has 1 aliphatic rings. The third kappa shape index (κ3) is 3.71. The highest BCUT2D eigenvalue weighted by Crippen LogP contribution is 2.32. The fourth-order valence-corrected chi connectivity index (χ4v) is 4.88. The van der Waals surface area contributed by atoms with Gasteiger partial charge in [0.05, 0.1) is 29.4 Å². The number of aromatic nitrogens is 1. The summed E-state index contributed by atoms with van der Waals surface area (Å²) in [4.78, 5) is 31.4. The number of thiazole rings is 1. The van der Waals surface area contributed by atoms with E-state index in [1.807, 2.05) is 30.3 Å². The number of hydrogen-bond acceptors (Lipinski definition) is 6. The second kappa shape index (κ2) is 8.09. The number of ether oxygens (including phenoxy) is 1. The summed E-state index contributed by atoms with van der Waals surface area (Å²) in [7, 11) is 1.57. The smallest absolute Gasteiger partial charge is 0.256 e. The van der Waals surface area contributed by atoms with Gasteiger partial charge in [-0.25, -0.2) is 9.88 Å². The molecule has 1 aliphatic heterocycles. The molecule has 3 aromatic carbocycles. The van der Waals surface area contributed by atoms with Crippen LogP contribution in [-0.4, -0.2) is 29.9 Å². The Morgan fingerprint density at radius 3 is 2.50 bits per heavy atom. The number of imide groups is 1. The van der Waals surface area contributed by atoms with Crippen LogP contribution in [0.25, 0.3) is 20.8 Å². The Bertz CT molecular complexity index is 1310. The summed E-state index contributed by atoms with van der Waals surface area (Å²) in [5.41, 5.74) is 4.56. The highest BCUT2D eigenvalue weighted by molar-refractivity contribution is 7.21. The van der Waals surface area contributed by atoms with E-state index in [1.165, 1.54) is 10.5 Å². The maximum atomic E-state index is 12.9. The summed E-state index contributed by atoms with van der Waals surface area (Å²) < 4.78 is 6.31. The van der Waals surface area contributed by atoms with Gasteiger partial charge in [-0.1, -0.05) is 6.07 Å². The Hall–Kier alpha value is -3.71. The van der Waals surface area contributed by atoms with Gasteiger partial charge in [0.2, 0.25) is 5.91 Å². The minimum absolute atomic E-state index is 0.115. The third-order valence-electron chi connectivity index (χ3n) is 5.49. The molecule has 32 heavy (non-hydrogen) atoms. The topological polar surface area (TPSA) is 71.5 Å². The van der Waals surface area contributed by atoms with Crippen LogP contribution in [0, 0.1) is 6.92 Å². The van der Waals surface area contributed by atoms with Crippen molar-refractivity contribution in [3.8, 4) is 16.3 Å². The largest absolute Gasteiger partial charge is 0.497 e. The standard InChI is InChI=1S/C25H21N3O3S/c1-15-3-12-20-22(13-15)32-24(27-20)16-4-6-17(7-5-16)26-21-14-23(29)28(25(21)30)18-8-10-19(31-2)11-9-18/h3-13,21,26H,14H2,1-2H3/t21-/m1/s1. The van der Waals surface area contributed by atoms with Crippen LogP contribution in [0.15, 0.2) is 66.7 Å². The average molecular weight is 444 g/mol. The molecular formula is C25H21N3O3S. The molecule has 7 heteroatoms. The summed E-state index contributed by atoms with van der Waals surface area (Å²) in [6.07, 6.45) is 0.115. The molecule has 0 radical (unpaired) electrons. The molecule has 160 valence electrons. The highest BCUT2D eigenvalue weighted by Gasteiger charge is 2.39. The van der Waals surface area contributed by atoms with E-state index in [1.54, 1.807) is 42.7 Å². The molecule has 0 aliphatic carbocycles. The second-order valence-electron chi connectivity index (χ2n) is 7.73. The zero-order valence-electron chi connectivity index (χ0n) is 17.7. The van der Waals surface area contributed by atoms with Crippen molar-refractivity contribution >= 4 is 44.7 Å². The molecule has 1 aromatic heterocycles. The number of methoxy groups -OCH3 is 1. The number of anilines is 2. The van der Waals surface area contributed by atoms with Crippen LogP contribution < -0.4 is 15.0 Å². The fraction of sp³-hybridized carbons (Fsp3) is 0.160. The Labute approximate surface area is 189 Å². The quantitative estimate of drug-likeness (QED) is 0.438. The molecule has 0 saturated carbocycles. The molecule has 6 nitrogen and oxygen atoms in total. The van der Waals surface area contributed by atoms with Crippen molar-refractivity contribution in [2.45, 2.75) is 19.4 Å². The molecule has 1 atom stereocenters. The summed E-state index contributed by atoms with van der Waals surface area (Å²) >= 11 is 1.66. The van der Waals surface area contributed by atoms with Crippen LogP contribution in [0.1, 0.15) is 12.0 Å². The van der Waals surface area contributed by atoms with E-state index < -0.39 is 6.04 Å². The number of carbonyl (C=O) groups is 2. The van der Waals surface area contributed by atoms with Crippen LogP contribution in [0.4, 0.5) is 11.4 Å². The number of hydrogen-bond donors (Lipinski definition) is 1. The Morgan fingerprint density at radius 2 is 1.78 bits per heavy atom. The van der Waals surface area contributed by atoms with Gasteiger partial charge in [0, 0.05) is 11.3 Å². The van der Waals surface area contributed by atoms with E-state index in [2.05, 4.69) is 24.4 Å². The molecule has 2 heterocycles. The second-order valence-corrected chi connectivity index (χ2v) is 8.76. The van der Waals surface area contributed by atoms with Crippen LogP contribution in [-0.2, 0) is 9.59 Å². The first-order valence-corrected chi connectivity index (χ1v) is 11.1. The number of amides is 2. The van der Waals surface area contributed by atoms with Crippen LogP contribution in [0.2, 0.25) is 0 Å². The van der Waals surface area contributed by atoms with Crippen molar-refractivity contribution in [1.29, 1.82) is 0 Å². The van der Waals surface area contributed by atoms with Gasteiger partial charge in [-0.2, -0.15) is 0 Å². The number of carbonyl (C=O) groups excluding carboxylic acids is 2. The molecular weight excluding hydrogens is 422 g/mol. The summed E-state index contributed by atoms with van der Waals surface area (Å²) in [6, 6.07) is 20.3. The zero-order chi connectivity index (χ0) is 22.2. The molecule has 0 bridgehead atoms. The summed E-state index contributed by atoms with van der Waals surface area (Å²) in [5, 5.41) is 4.16. The Kier molecular flexibility index (Phi) is 5.11. The van der Waals surface area contributed by atoms with Gasteiger partial charge < -0.3 is 10.1 Å². The lowest BCUT2D eigenvalue weighted by Gasteiger charge is -2.16. The number of aryl methyl sites for hydroxylation is 1. The van der Waals surface area contributed by atoms with Crippen LogP contribution in [0.3, 0.4) is 0 Å². The molecule has 1 N–H and O–H groups in total. The fourth-order valence-electron chi connectivity index (χ4n) is 3.81. The number of fused-ring (bicyclic) bond motifs is 1. The Morgan fingerprint density at radius 1 is 1.03 bits per heavy atom. The SMILES string of the molecule is COc1ccc(N2C(=O)C[C@@H](Nc3ccc(-c4nc5ccc(C)cc5s4)cc3)C2=O)cc1. The highest BCUT2D eigenvalue weighted by atomic mass is 32.1. The average Bonchev–Trinajstić information content (AvgIpc) is 3.34. The minimum Gasteiger partial charge on any atom is -0.497 e. The number of nitrogens with zero attached hydrogens (tertiary/aromatic N) is 2. The van der Waals surface area contributed by atoms with E-state index >= 15 is 0 Å². The molecule has 1 saturated heterocycles. The van der Waals surface area contributed by atoms with Crippen molar-refractivity contribution in [3.05, 3.63) is 72.3 Å². The number of nitrogens with one attached hydrogen (secondary N) is 1. The van der Waals surface area contributed by atoms with E-state index in [-0.39, 0.29) is 18.2 Å². The van der Waals surface area contributed by atoms with E-state index in [0.717, 1.165) is 26.5 Å². The van der Waals surface area contributed by atoms with Gasteiger partial charge >= 0.3 is 0 Å². The lowest BCUT2D eigenvalue weighted by Crippen LogP contribution is -2.34. The monoisotopic (exact) mass is 443 g/mol. The number of benzene rings is 3. The molecule has 4 aromatic rings. The van der Waals surface area contributed by atoms with E-state index in [0.29, 0.717) is 11.4 Å². The van der Waals surface area contributed by atoms with Crippen molar-refractivity contribution < 1.29 is 14.3 Å². The first-order chi connectivity index (χ1) is 15.5. The third-order valence-corrected chi connectivity index (χ3v) is 6.56. The van der Waals surface area contributed by atoms with Gasteiger partial charge in [-0.15, -0.1) is 11.3 Å². The molecule has 0 spiro atoms. The summed E-state index contributed by atoms with van der Waals surface area (Å²) in [6.45, 7) is 2.07. The van der Waals surface area contributed by atoms with Crippen molar-refractivity contribution in [2.75, 3.05) is 17.3 Å². The Balaban J connectivity index is 1.31. The zero-order valence-corrected chi connectivity index (χ0v) is 18.5. The van der Waals surface area contributed by atoms with Gasteiger partial charge in [0.1, 0.15) is 16.8 Å². The summed E-state index contributed by atoms with van der Waals surface area (Å²) in [5.74, 6) is 0.190. The van der Waals surface area contributed by atoms with Gasteiger partial charge in [0.15, 0.2) is 0 Å². The normalized spacial score (nSPS) is 16.1. The van der Waals surface area contributed by atoms with Crippen molar-refractivity contribution in [2.24, 2.45) is 0 Å². The molecule has 1 fully saturated rings. The van der Waals surface area contributed by atoms with Gasteiger partial charge in [0.25, 0.3) is 5.91 Å². The van der Waals surface area contributed by atoms with Gasteiger partial charge in [-0.3, -0.25) is 9.59 Å². The lowest BCUT2D eigenvalue weighted by atomic mass is 10.2. The maximum absolute atomic E-state index is 12.9. The first kappa shape index (κ1) is 20.2. The van der Waals surface area contributed by atoms with E-state index in [4.69, 9.17) is 9.72 Å². The first-order valence-electron chi connectivity index (χ1n) is 10.3. The molecule has 5 rings (SSSR count). The minimum atomic E-state index is -0.596. The van der Waals surface area contributed by atoms with Crippen LogP contribution in [0.5, 0.6) is 5.75 Å². The van der Waals surface area contributed by atoms with E-state index in [9.17, 15) is 9.59 Å². The van der Waals surface area contributed by atoms with Crippen LogP contribution >= 0.6 is 11.3 Å². The van der Waals surface area contributed by atoms with Crippen molar-refractivity contribution in [3.63, 3.8) is 0 Å². The predicted octanol–water partition coefficient (Wildman–Crippen LogP) is 5.02. The molecule has 2 amide bonds. The van der Waals surface area contributed by atoms with Crippen molar-refractivity contribution in [1.82, 2.24) is 4.98 Å². The maximum Gasteiger partial charge on any atom is 0.256 e. The molecule has 0 unspecified atom stereocenters. The predicted molar refractivity (Wildman–Crippen MR) is 127 cm³/mol. The lowest BCUT2D eigenvalue weighted by molar-refractivity contribution is -0.121.